The largest absolute Gasteiger partial charge is 0.433 e. The highest BCUT2D eigenvalue weighted by molar-refractivity contribution is 6.30. The molecule has 5 rings (SSSR count). The zero-order valence-corrected chi connectivity index (χ0v) is 25.7. The molecular formula is C32H37ClF3N5O3. The number of aromatic nitrogens is 1. The molecule has 1 aromatic carbocycles. The molecule has 1 aromatic heterocycles. The molecule has 2 saturated heterocycles. The fourth-order valence-electron chi connectivity index (χ4n) is 6.70. The third kappa shape index (κ3) is 6.60. The normalized spacial score (nSPS) is 26.2. The Bertz CT molecular complexity index is 1370. The van der Waals surface area contributed by atoms with Gasteiger partial charge >= 0.3 is 12.3 Å². The van der Waals surface area contributed by atoms with Gasteiger partial charge in [-0.1, -0.05) is 30.7 Å². The second-order valence-electron chi connectivity index (χ2n) is 12.4. The SMILES string of the molecule is CC1CCC(OC(=O)N(C)[C@@H]2CN(C(=O)C3CCN(c4ccc(C#N)cn4)CC3)C[C@H]2c2ccc(Cl)cc2)(C(F)(F)F)CC1. The van der Waals surface area contributed by atoms with E-state index in [0.717, 1.165) is 11.4 Å². The first kappa shape index (κ1) is 31.9. The fraction of sp³-hybridized carbons (Fsp3) is 0.562. The van der Waals surface area contributed by atoms with Crippen LogP contribution in [-0.2, 0) is 9.53 Å². The molecule has 0 N–H and O–H groups in total. The van der Waals surface area contributed by atoms with E-state index in [0.29, 0.717) is 55.9 Å². The average Bonchev–Trinajstić information content (AvgIpc) is 3.47. The third-order valence-electron chi connectivity index (χ3n) is 9.61. The van der Waals surface area contributed by atoms with Gasteiger partial charge in [-0.05, 0) is 74.3 Å². The number of rotatable bonds is 5. The van der Waals surface area contributed by atoms with Gasteiger partial charge in [0, 0.05) is 56.3 Å². The summed E-state index contributed by atoms with van der Waals surface area (Å²) in [5, 5.41) is 9.56. The molecular weight excluding hydrogens is 595 g/mol. The van der Waals surface area contributed by atoms with E-state index >= 15 is 0 Å². The molecule has 8 nitrogen and oxygen atoms in total. The second kappa shape index (κ2) is 12.8. The Kier molecular flexibility index (Phi) is 9.30. The van der Waals surface area contributed by atoms with Crippen LogP contribution in [-0.4, -0.2) is 77.8 Å². The molecule has 2 aliphatic heterocycles. The number of likely N-dealkylation sites (N-methyl/N-ethyl adjacent to an activating group) is 1. The van der Waals surface area contributed by atoms with Gasteiger partial charge in [-0.2, -0.15) is 18.4 Å². The zero-order valence-electron chi connectivity index (χ0n) is 24.9. The Morgan fingerprint density at radius 1 is 1.07 bits per heavy atom. The summed E-state index contributed by atoms with van der Waals surface area (Å²) in [6, 6.07) is 12.1. The zero-order chi connectivity index (χ0) is 31.6. The van der Waals surface area contributed by atoms with E-state index in [4.69, 9.17) is 21.6 Å². The van der Waals surface area contributed by atoms with Crippen molar-refractivity contribution in [2.45, 2.75) is 69.2 Å². The number of hydrogen-bond donors (Lipinski definition) is 0. The number of likely N-dealkylation sites (tertiary alicyclic amines) is 1. The molecule has 3 fully saturated rings. The van der Waals surface area contributed by atoms with Gasteiger partial charge in [0.25, 0.3) is 0 Å². The van der Waals surface area contributed by atoms with E-state index in [1.165, 1.54) is 18.1 Å². The molecule has 2 amide bonds. The highest BCUT2D eigenvalue weighted by Gasteiger charge is 2.59. The van der Waals surface area contributed by atoms with Crippen molar-refractivity contribution in [3.8, 4) is 6.07 Å². The lowest BCUT2D eigenvalue weighted by Crippen LogP contribution is -2.54. The van der Waals surface area contributed by atoms with Crippen LogP contribution in [0.1, 0.15) is 62.5 Å². The van der Waals surface area contributed by atoms with Gasteiger partial charge in [-0.3, -0.25) is 4.79 Å². The second-order valence-corrected chi connectivity index (χ2v) is 12.8. The van der Waals surface area contributed by atoms with Gasteiger partial charge in [0.05, 0.1) is 11.6 Å². The number of piperidine rings is 1. The number of hydrogen-bond acceptors (Lipinski definition) is 6. The molecule has 3 heterocycles. The number of benzene rings is 1. The molecule has 0 unspecified atom stereocenters. The molecule has 2 aromatic rings. The molecule has 0 radical (unpaired) electrons. The lowest BCUT2D eigenvalue weighted by molar-refractivity contribution is -0.272. The van der Waals surface area contributed by atoms with Crippen molar-refractivity contribution < 1.29 is 27.5 Å². The summed E-state index contributed by atoms with van der Waals surface area (Å²) in [6.07, 6.45) is -2.83. The summed E-state index contributed by atoms with van der Waals surface area (Å²) in [4.78, 5) is 36.6. The lowest BCUT2D eigenvalue weighted by atomic mass is 9.79. The maximum atomic E-state index is 14.3. The summed E-state index contributed by atoms with van der Waals surface area (Å²) in [5.74, 6) is 0.295. The van der Waals surface area contributed by atoms with Crippen LogP contribution in [0.2, 0.25) is 5.02 Å². The van der Waals surface area contributed by atoms with E-state index in [2.05, 4.69) is 16.0 Å². The molecule has 12 heteroatoms. The van der Waals surface area contributed by atoms with Crippen LogP contribution in [0.15, 0.2) is 42.6 Å². The van der Waals surface area contributed by atoms with Crippen molar-refractivity contribution in [1.29, 1.82) is 5.26 Å². The first-order valence-corrected chi connectivity index (χ1v) is 15.5. The predicted molar refractivity (Wildman–Crippen MR) is 159 cm³/mol. The molecule has 1 saturated carbocycles. The highest BCUT2D eigenvalue weighted by atomic mass is 35.5. The molecule has 236 valence electrons. The monoisotopic (exact) mass is 631 g/mol. The van der Waals surface area contributed by atoms with Gasteiger partial charge in [0.2, 0.25) is 11.5 Å². The van der Waals surface area contributed by atoms with Crippen molar-refractivity contribution in [2.24, 2.45) is 11.8 Å². The number of anilines is 1. The van der Waals surface area contributed by atoms with Gasteiger partial charge in [-0.25, -0.2) is 9.78 Å². The third-order valence-corrected chi connectivity index (χ3v) is 9.86. The smallest absolute Gasteiger partial charge is 0.428 e. The first-order chi connectivity index (χ1) is 20.9. The van der Waals surface area contributed by atoms with Crippen molar-refractivity contribution in [3.63, 3.8) is 0 Å². The molecule has 2 atom stereocenters. The van der Waals surface area contributed by atoms with E-state index < -0.39 is 23.9 Å². The van der Waals surface area contributed by atoms with Crippen LogP contribution in [0.25, 0.3) is 0 Å². The summed E-state index contributed by atoms with van der Waals surface area (Å²) in [6.45, 7) is 3.66. The Morgan fingerprint density at radius 3 is 2.30 bits per heavy atom. The number of ether oxygens (including phenoxy) is 1. The van der Waals surface area contributed by atoms with E-state index in [9.17, 15) is 22.8 Å². The fourth-order valence-corrected chi connectivity index (χ4v) is 6.82. The number of nitriles is 1. The van der Waals surface area contributed by atoms with Gasteiger partial charge in [-0.15, -0.1) is 0 Å². The van der Waals surface area contributed by atoms with E-state index in [1.54, 1.807) is 29.2 Å². The van der Waals surface area contributed by atoms with Gasteiger partial charge in [0.15, 0.2) is 0 Å². The van der Waals surface area contributed by atoms with Crippen molar-refractivity contribution in [3.05, 3.63) is 58.7 Å². The van der Waals surface area contributed by atoms with Crippen LogP contribution in [0.4, 0.5) is 23.8 Å². The molecule has 1 aliphatic carbocycles. The number of alkyl halides is 3. The van der Waals surface area contributed by atoms with E-state index in [1.807, 2.05) is 19.1 Å². The van der Waals surface area contributed by atoms with E-state index in [-0.39, 0.29) is 43.0 Å². The molecule has 3 aliphatic rings. The predicted octanol–water partition coefficient (Wildman–Crippen LogP) is 6.40. The summed E-state index contributed by atoms with van der Waals surface area (Å²) >= 11 is 6.12. The maximum Gasteiger partial charge on any atom is 0.428 e. The minimum absolute atomic E-state index is 0.0336. The standard InChI is InChI=1S/C32H37ClF3N5O3/c1-21-9-13-31(14-10-21,32(34,35)36)44-30(43)39(2)27-20-41(19-26(27)23-4-6-25(33)7-5-23)29(42)24-11-15-40(16-12-24)28-8-3-22(17-37)18-38-28/h3-8,18,21,24,26-27H,9-16,19-20H2,1-2H3/t21?,26-,27+,31?/m0/s1. The van der Waals surface area contributed by atoms with Crippen LogP contribution in [0, 0.1) is 23.2 Å². The highest BCUT2D eigenvalue weighted by Crippen LogP contribution is 2.46. The molecule has 44 heavy (non-hydrogen) atoms. The van der Waals surface area contributed by atoms with Gasteiger partial charge < -0.3 is 19.4 Å². The summed E-state index contributed by atoms with van der Waals surface area (Å²) < 4.78 is 48.2. The van der Waals surface area contributed by atoms with Crippen molar-refractivity contribution in [2.75, 3.05) is 38.1 Å². The number of nitrogens with zero attached hydrogens (tertiary/aromatic N) is 5. The topological polar surface area (TPSA) is 89.8 Å². The minimum atomic E-state index is -4.68. The Balaban J connectivity index is 1.30. The number of amides is 2. The number of pyridine rings is 1. The molecule has 0 bridgehead atoms. The lowest BCUT2D eigenvalue weighted by Gasteiger charge is -2.41. The Morgan fingerprint density at radius 2 is 1.73 bits per heavy atom. The minimum Gasteiger partial charge on any atom is -0.433 e. The van der Waals surface area contributed by atoms with Crippen molar-refractivity contribution in [1.82, 2.24) is 14.8 Å². The summed E-state index contributed by atoms with van der Waals surface area (Å²) in [7, 11) is 1.46. The quantitative estimate of drug-likeness (QED) is 0.380. The Labute approximate surface area is 260 Å². The average molecular weight is 632 g/mol. The van der Waals surface area contributed by atoms with Crippen LogP contribution in [0.5, 0.6) is 0 Å². The Hall–Kier alpha value is -3.52. The van der Waals surface area contributed by atoms with Crippen molar-refractivity contribution >= 4 is 29.4 Å². The molecule has 0 spiro atoms. The first-order valence-electron chi connectivity index (χ1n) is 15.1. The van der Waals surface area contributed by atoms with Crippen LogP contribution < -0.4 is 4.90 Å². The summed E-state index contributed by atoms with van der Waals surface area (Å²) in [5.41, 5.74) is -1.19. The number of halogens is 4. The number of carbonyl (C=O) groups excluding carboxylic acids is 2. The number of carbonyl (C=O) groups is 2. The van der Waals surface area contributed by atoms with Gasteiger partial charge in [0.1, 0.15) is 11.9 Å². The van der Waals surface area contributed by atoms with Crippen LogP contribution in [0.3, 0.4) is 0 Å². The maximum absolute atomic E-state index is 14.3. The van der Waals surface area contributed by atoms with Crippen LogP contribution >= 0.6 is 11.6 Å².